The molecule has 66 valence electrons. The quantitative estimate of drug-likeness (QED) is 0.595. The van der Waals surface area contributed by atoms with Crippen molar-refractivity contribution in [1.29, 1.82) is 0 Å². The molecule has 2 N–H and O–H groups in total. The van der Waals surface area contributed by atoms with E-state index in [1.54, 1.807) is 0 Å². The van der Waals surface area contributed by atoms with E-state index in [4.69, 9.17) is 9.84 Å². The van der Waals surface area contributed by atoms with E-state index in [9.17, 15) is 0 Å². The van der Waals surface area contributed by atoms with Crippen molar-refractivity contribution in [2.75, 3.05) is 26.9 Å². The van der Waals surface area contributed by atoms with Gasteiger partial charge in [-0.1, -0.05) is 0 Å². The highest BCUT2D eigenvalue weighted by molar-refractivity contribution is 4.76. The lowest BCUT2D eigenvalue weighted by molar-refractivity contribution is 0.135. The highest BCUT2D eigenvalue weighted by Crippen LogP contribution is 2.15. The van der Waals surface area contributed by atoms with Gasteiger partial charge < -0.3 is 15.2 Å². The zero-order valence-electron chi connectivity index (χ0n) is 7.05. The van der Waals surface area contributed by atoms with Crippen LogP contribution in [-0.4, -0.2) is 38.0 Å². The molecular formula is C8H17NO2. The van der Waals surface area contributed by atoms with Crippen LogP contribution in [0, 0.1) is 5.92 Å². The van der Waals surface area contributed by atoms with Crippen molar-refractivity contribution in [2.24, 2.45) is 5.92 Å². The van der Waals surface area contributed by atoms with Crippen molar-refractivity contribution >= 4 is 0 Å². The Balaban J connectivity index is 2.41. The molecule has 2 unspecified atom stereocenters. The van der Waals surface area contributed by atoms with Crippen molar-refractivity contribution < 1.29 is 9.84 Å². The molecule has 0 radical (unpaired) electrons. The number of aliphatic hydroxyl groups excluding tert-OH is 1. The minimum atomic E-state index is 0.273. The molecule has 1 saturated heterocycles. The SMILES string of the molecule is CNC1CCOCCC1CO. The molecule has 0 bridgehead atoms. The van der Waals surface area contributed by atoms with E-state index >= 15 is 0 Å². The number of hydrogen-bond donors (Lipinski definition) is 2. The van der Waals surface area contributed by atoms with Crippen LogP contribution < -0.4 is 5.32 Å². The van der Waals surface area contributed by atoms with Gasteiger partial charge in [0.25, 0.3) is 0 Å². The highest BCUT2D eigenvalue weighted by atomic mass is 16.5. The summed E-state index contributed by atoms with van der Waals surface area (Å²) in [6.07, 6.45) is 1.99. The van der Waals surface area contributed by atoms with Gasteiger partial charge >= 0.3 is 0 Å². The number of rotatable bonds is 2. The van der Waals surface area contributed by atoms with Crippen molar-refractivity contribution in [3.63, 3.8) is 0 Å². The number of nitrogens with one attached hydrogen (secondary N) is 1. The number of ether oxygens (including phenoxy) is 1. The molecule has 0 aromatic carbocycles. The zero-order chi connectivity index (χ0) is 8.10. The molecule has 0 aliphatic carbocycles. The fourth-order valence-corrected chi connectivity index (χ4v) is 1.58. The van der Waals surface area contributed by atoms with Gasteiger partial charge in [-0.05, 0) is 25.8 Å². The van der Waals surface area contributed by atoms with E-state index in [1.165, 1.54) is 0 Å². The van der Waals surface area contributed by atoms with Crippen molar-refractivity contribution in [3.8, 4) is 0 Å². The Kier molecular flexibility index (Phi) is 3.83. The lowest BCUT2D eigenvalue weighted by Crippen LogP contribution is -2.35. The second kappa shape index (κ2) is 4.70. The topological polar surface area (TPSA) is 41.5 Å². The van der Waals surface area contributed by atoms with Crippen LogP contribution in [0.25, 0.3) is 0 Å². The van der Waals surface area contributed by atoms with Crippen molar-refractivity contribution in [1.82, 2.24) is 5.32 Å². The first-order chi connectivity index (χ1) is 5.38. The van der Waals surface area contributed by atoms with E-state index in [-0.39, 0.29) is 6.61 Å². The second-order valence-corrected chi connectivity index (χ2v) is 3.03. The predicted octanol–water partition coefficient (Wildman–Crippen LogP) is -0.00670. The third-order valence-electron chi connectivity index (χ3n) is 2.38. The fraction of sp³-hybridized carbons (Fsp3) is 1.00. The Hall–Kier alpha value is -0.120. The number of hydrogen-bond acceptors (Lipinski definition) is 3. The summed E-state index contributed by atoms with van der Waals surface area (Å²) >= 11 is 0. The molecule has 0 aromatic rings. The third kappa shape index (κ3) is 2.43. The van der Waals surface area contributed by atoms with E-state index in [0.29, 0.717) is 12.0 Å². The summed E-state index contributed by atoms with van der Waals surface area (Å²) in [5.41, 5.74) is 0. The Morgan fingerprint density at radius 1 is 1.45 bits per heavy atom. The molecule has 1 rings (SSSR count). The molecule has 3 heteroatoms. The maximum absolute atomic E-state index is 9.02. The lowest BCUT2D eigenvalue weighted by Gasteiger charge is -2.21. The maximum atomic E-state index is 9.02. The Labute approximate surface area is 67.7 Å². The van der Waals surface area contributed by atoms with Crippen LogP contribution in [-0.2, 0) is 4.74 Å². The van der Waals surface area contributed by atoms with E-state index < -0.39 is 0 Å². The Morgan fingerprint density at radius 3 is 2.82 bits per heavy atom. The lowest BCUT2D eigenvalue weighted by atomic mass is 9.96. The maximum Gasteiger partial charge on any atom is 0.0480 e. The van der Waals surface area contributed by atoms with Crippen LogP contribution in [0.4, 0.5) is 0 Å². The van der Waals surface area contributed by atoms with Gasteiger partial charge in [-0.15, -0.1) is 0 Å². The van der Waals surface area contributed by atoms with E-state index in [0.717, 1.165) is 26.1 Å². The van der Waals surface area contributed by atoms with Crippen LogP contribution >= 0.6 is 0 Å². The third-order valence-corrected chi connectivity index (χ3v) is 2.38. The summed E-state index contributed by atoms with van der Waals surface area (Å²) in [7, 11) is 1.94. The summed E-state index contributed by atoms with van der Waals surface area (Å²) in [6.45, 7) is 1.89. The first-order valence-electron chi connectivity index (χ1n) is 4.24. The molecule has 0 spiro atoms. The summed E-state index contributed by atoms with van der Waals surface area (Å²) in [6, 6.07) is 0.433. The summed E-state index contributed by atoms with van der Waals surface area (Å²) in [5, 5.41) is 12.2. The van der Waals surface area contributed by atoms with Gasteiger partial charge in [-0.2, -0.15) is 0 Å². The fourth-order valence-electron chi connectivity index (χ4n) is 1.58. The molecular weight excluding hydrogens is 142 g/mol. The standard InChI is InChI=1S/C8H17NO2/c1-9-8-3-5-11-4-2-7(8)6-10/h7-10H,2-6H2,1H3. The first kappa shape index (κ1) is 8.97. The zero-order valence-corrected chi connectivity index (χ0v) is 7.05. The minimum absolute atomic E-state index is 0.273. The molecule has 0 aromatic heterocycles. The van der Waals surface area contributed by atoms with Gasteiger partial charge in [0.1, 0.15) is 0 Å². The molecule has 1 fully saturated rings. The highest BCUT2D eigenvalue weighted by Gasteiger charge is 2.21. The van der Waals surface area contributed by atoms with Crippen LogP contribution in [0.2, 0.25) is 0 Å². The van der Waals surface area contributed by atoms with Crippen LogP contribution in [0.1, 0.15) is 12.8 Å². The van der Waals surface area contributed by atoms with Gasteiger partial charge in [0.2, 0.25) is 0 Å². The minimum Gasteiger partial charge on any atom is -0.396 e. The van der Waals surface area contributed by atoms with E-state index in [1.807, 2.05) is 7.05 Å². The molecule has 0 saturated carbocycles. The smallest absolute Gasteiger partial charge is 0.0480 e. The molecule has 2 atom stereocenters. The molecule has 11 heavy (non-hydrogen) atoms. The molecule has 1 aliphatic heterocycles. The summed E-state index contributed by atoms with van der Waals surface area (Å²) in [4.78, 5) is 0. The first-order valence-corrected chi connectivity index (χ1v) is 4.24. The Morgan fingerprint density at radius 2 is 2.18 bits per heavy atom. The molecule has 0 amide bonds. The molecule has 1 aliphatic rings. The average Bonchev–Trinajstić information content (AvgIpc) is 2.27. The van der Waals surface area contributed by atoms with Crippen molar-refractivity contribution in [3.05, 3.63) is 0 Å². The van der Waals surface area contributed by atoms with Gasteiger partial charge in [-0.25, -0.2) is 0 Å². The van der Waals surface area contributed by atoms with Crippen LogP contribution in [0.3, 0.4) is 0 Å². The van der Waals surface area contributed by atoms with Gasteiger partial charge in [0, 0.05) is 25.9 Å². The van der Waals surface area contributed by atoms with Gasteiger partial charge in [-0.3, -0.25) is 0 Å². The number of aliphatic hydroxyl groups is 1. The van der Waals surface area contributed by atoms with Gasteiger partial charge in [0.15, 0.2) is 0 Å². The largest absolute Gasteiger partial charge is 0.396 e. The monoisotopic (exact) mass is 159 g/mol. The van der Waals surface area contributed by atoms with E-state index in [2.05, 4.69) is 5.32 Å². The van der Waals surface area contributed by atoms with Gasteiger partial charge in [0.05, 0.1) is 0 Å². The second-order valence-electron chi connectivity index (χ2n) is 3.03. The molecule has 3 nitrogen and oxygen atoms in total. The van der Waals surface area contributed by atoms with Crippen LogP contribution in [0.15, 0.2) is 0 Å². The normalized spacial score (nSPS) is 33.3. The molecule has 1 heterocycles. The average molecular weight is 159 g/mol. The van der Waals surface area contributed by atoms with Crippen LogP contribution in [0.5, 0.6) is 0 Å². The van der Waals surface area contributed by atoms with Crippen molar-refractivity contribution in [2.45, 2.75) is 18.9 Å². The Bertz CT molecular complexity index is 96.3. The summed E-state index contributed by atoms with van der Waals surface area (Å²) in [5.74, 6) is 0.377. The predicted molar refractivity (Wildman–Crippen MR) is 43.5 cm³/mol. The summed E-state index contributed by atoms with van der Waals surface area (Å²) < 4.78 is 5.31.